The predicted octanol–water partition coefficient (Wildman–Crippen LogP) is 0.190. The van der Waals surface area contributed by atoms with E-state index in [4.69, 9.17) is 14.9 Å². The number of carbonyl (C=O) groups is 3. The SMILES string of the molecule is CC(C)(C)OC(=O)N[C@@H](C(=O)O)[C@H](O)CCC(=O)O. The van der Waals surface area contributed by atoms with Crippen molar-refractivity contribution < 1.29 is 34.4 Å². The van der Waals surface area contributed by atoms with Crippen molar-refractivity contribution in [3.05, 3.63) is 0 Å². The number of rotatable bonds is 6. The standard InChI is InChI=1S/C11H19NO7/c1-11(2,3)19-10(18)12-8(9(16)17)6(13)4-5-7(14)15/h6,8,13H,4-5H2,1-3H3,(H,12,18)(H,14,15)(H,16,17)/t6-,8-/m1/s1. The third-order valence-electron chi connectivity index (χ3n) is 1.98. The van der Waals surface area contributed by atoms with Gasteiger partial charge in [0.1, 0.15) is 5.60 Å². The number of ether oxygens (including phenoxy) is 1. The van der Waals surface area contributed by atoms with Gasteiger partial charge in [-0.3, -0.25) is 4.79 Å². The van der Waals surface area contributed by atoms with Gasteiger partial charge in [0.2, 0.25) is 0 Å². The summed E-state index contributed by atoms with van der Waals surface area (Å²) in [6, 6.07) is -1.62. The molecule has 19 heavy (non-hydrogen) atoms. The number of carboxylic acid groups (broad SMARTS) is 2. The molecule has 0 saturated carbocycles. The van der Waals surface area contributed by atoms with Crippen molar-refractivity contribution in [1.82, 2.24) is 5.32 Å². The van der Waals surface area contributed by atoms with E-state index in [1.54, 1.807) is 20.8 Å². The Morgan fingerprint density at radius 3 is 2.11 bits per heavy atom. The lowest BCUT2D eigenvalue weighted by atomic mass is 10.1. The van der Waals surface area contributed by atoms with E-state index in [-0.39, 0.29) is 6.42 Å². The summed E-state index contributed by atoms with van der Waals surface area (Å²) < 4.78 is 4.85. The molecule has 1 amide bonds. The van der Waals surface area contributed by atoms with Crippen LogP contribution >= 0.6 is 0 Å². The van der Waals surface area contributed by atoms with E-state index in [0.29, 0.717) is 0 Å². The van der Waals surface area contributed by atoms with E-state index >= 15 is 0 Å². The molecule has 0 aromatic rings. The maximum Gasteiger partial charge on any atom is 0.408 e. The normalized spacial score (nSPS) is 14.3. The Bertz CT molecular complexity index is 347. The Labute approximate surface area is 110 Å². The Morgan fingerprint density at radius 2 is 1.74 bits per heavy atom. The van der Waals surface area contributed by atoms with E-state index in [0.717, 1.165) is 0 Å². The smallest absolute Gasteiger partial charge is 0.408 e. The monoisotopic (exact) mass is 277 g/mol. The number of hydrogen-bond acceptors (Lipinski definition) is 5. The quantitative estimate of drug-likeness (QED) is 0.544. The molecule has 0 saturated heterocycles. The molecular weight excluding hydrogens is 258 g/mol. The van der Waals surface area contributed by atoms with Gasteiger partial charge in [-0.05, 0) is 27.2 Å². The molecule has 4 N–H and O–H groups in total. The van der Waals surface area contributed by atoms with Gasteiger partial charge in [0.25, 0.3) is 0 Å². The average molecular weight is 277 g/mol. The minimum Gasteiger partial charge on any atom is -0.481 e. The van der Waals surface area contributed by atoms with Crippen LogP contribution in [0, 0.1) is 0 Å². The molecule has 0 aromatic carbocycles. The number of carbonyl (C=O) groups excluding carboxylic acids is 1. The highest BCUT2D eigenvalue weighted by molar-refractivity contribution is 5.80. The third-order valence-corrected chi connectivity index (χ3v) is 1.98. The van der Waals surface area contributed by atoms with Gasteiger partial charge in [-0.25, -0.2) is 9.59 Å². The number of aliphatic hydroxyl groups is 1. The molecule has 0 rings (SSSR count). The first-order valence-electron chi connectivity index (χ1n) is 5.65. The first-order chi connectivity index (χ1) is 8.53. The minimum absolute atomic E-state index is 0.290. The zero-order chi connectivity index (χ0) is 15.2. The molecule has 8 nitrogen and oxygen atoms in total. The largest absolute Gasteiger partial charge is 0.481 e. The van der Waals surface area contributed by atoms with Crippen LogP contribution in [-0.2, 0) is 14.3 Å². The summed E-state index contributed by atoms with van der Waals surface area (Å²) in [5, 5.41) is 28.9. The van der Waals surface area contributed by atoms with Crippen LogP contribution in [0.25, 0.3) is 0 Å². The highest BCUT2D eigenvalue weighted by atomic mass is 16.6. The zero-order valence-electron chi connectivity index (χ0n) is 11.0. The number of amides is 1. The number of hydrogen-bond donors (Lipinski definition) is 4. The van der Waals surface area contributed by atoms with Gasteiger partial charge in [0.15, 0.2) is 6.04 Å². The number of aliphatic carboxylic acids is 2. The maximum absolute atomic E-state index is 11.4. The first kappa shape index (κ1) is 17.2. The van der Waals surface area contributed by atoms with Crippen LogP contribution < -0.4 is 5.32 Å². The second-order valence-corrected chi connectivity index (χ2v) is 4.96. The Kier molecular flexibility index (Phi) is 6.26. The fraction of sp³-hybridized carbons (Fsp3) is 0.727. The zero-order valence-corrected chi connectivity index (χ0v) is 11.0. The second kappa shape index (κ2) is 6.93. The minimum atomic E-state index is -1.62. The van der Waals surface area contributed by atoms with Crippen molar-refractivity contribution in [2.75, 3.05) is 0 Å². The van der Waals surface area contributed by atoms with Gasteiger partial charge in [0, 0.05) is 6.42 Å². The van der Waals surface area contributed by atoms with Gasteiger partial charge in [0.05, 0.1) is 6.10 Å². The van der Waals surface area contributed by atoms with E-state index in [1.165, 1.54) is 0 Å². The molecule has 0 aliphatic carbocycles. The summed E-state index contributed by atoms with van der Waals surface area (Å²) in [5.41, 5.74) is -0.806. The van der Waals surface area contributed by atoms with E-state index < -0.39 is 42.2 Å². The van der Waals surface area contributed by atoms with Gasteiger partial charge >= 0.3 is 18.0 Å². The van der Waals surface area contributed by atoms with Gasteiger partial charge < -0.3 is 25.4 Å². The molecule has 0 unspecified atom stereocenters. The lowest BCUT2D eigenvalue weighted by Crippen LogP contribution is -2.50. The van der Waals surface area contributed by atoms with Gasteiger partial charge in [-0.1, -0.05) is 0 Å². The molecule has 0 spiro atoms. The molecular formula is C11H19NO7. The molecule has 0 heterocycles. The van der Waals surface area contributed by atoms with Gasteiger partial charge in [-0.2, -0.15) is 0 Å². The summed E-state index contributed by atoms with van der Waals surface area (Å²) in [6.45, 7) is 4.80. The number of alkyl carbamates (subject to hydrolysis) is 1. The Hall–Kier alpha value is -1.83. The molecule has 0 radical (unpaired) electrons. The van der Waals surface area contributed by atoms with Crippen LogP contribution in [0.3, 0.4) is 0 Å². The molecule has 8 heteroatoms. The Morgan fingerprint density at radius 1 is 1.21 bits per heavy atom. The summed E-state index contributed by atoms with van der Waals surface area (Å²) in [6.07, 6.45) is -3.20. The lowest BCUT2D eigenvalue weighted by molar-refractivity contribution is -0.144. The molecule has 0 aliphatic rings. The summed E-state index contributed by atoms with van der Waals surface area (Å²) >= 11 is 0. The van der Waals surface area contributed by atoms with Crippen LogP contribution in [0.15, 0.2) is 0 Å². The topological polar surface area (TPSA) is 133 Å². The van der Waals surface area contributed by atoms with Crippen LogP contribution in [0.1, 0.15) is 33.6 Å². The van der Waals surface area contributed by atoms with Crippen molar-refractivity contribution in [3.8, 4) is 0 Å². The van der Waals surface area contributed by atoms with Gasteiger partial charge in [-0.15, -0.1) is 0 Å². The van der Waals surface area contributed by atoms with E-state index in [1.807, 2.05) is 5.32 Å². The van der Waals surface area contributed by atoms with Crippen molar-refractivity contribution in [1.29, 1.82) is 0 Å². The van der Waals surface area contributed by atoms with Crippen molar-refractivity contribution >= 4 is 18.0 Å². The fourth-order valence-electron chi connectivity index (χ4n) is 1.20. The van der Waals surface area contributed by atoms with Crippen LogP contribution in [0.4, 0.5) is 4.79 Å². The summed E-state index contributed by atoms with van der Waals surface area (Å²) in [5.74, 6) is -2.63. The molecule has 0 aliphatic heterocycles. The van der Waals surface area contributed by atoms with Crippen LogP contribution in [0.2, 0.25) is 0 Å². The molecule has 2 atom stereocenters. The number of nitrogens with one attached hydrogen (secondary N) is 1. The second-order valence-electron chi connectivity index (χ2n) is 4.96. The summed E-state index contributed by atoms with van der Waals surface area (Å²) in [7, 11) is 0. The molecule has 0 fully saturated rings. The van der Waals surface area contributed by atoms with Crippen molar-refractivity contribution in [2.24, 2.45) is 0 Å². The van der Waals surface area contributed by atoms with Crippen molar-refractivity contribution in [2.45, 2.75) is 51.4 Å². The highest BCUT2D eigenvalue weighted by Crippen LogP contribution is 2.09. The van der Waals surface area contributed by atoms with Crippen molar-refractivity contribution in [3.63, 3.8) is 0 Å². The maximum atomic E-state index is 11.4. The molecule has 0 aromatic heterocycles. The average Bonchev–Trinajstić information content (AvgIpc) is 2.19. The lowest BCUT2D eigenvalue weighted by Gasteiger charge is -2.24. The van der Waals surface area contributed by atoms with Crippen LogP contribution in [0.5, 0.6) is 0 Å². The fourth-order valence-corrected chi connectivity index (χ4v) is 1.20. The highest BCUT2D eigenvalue weighted by Gasteiger charge is 2.30. The Balaban J connectivity index is 4.53. The van der Waals surface area contributed by atoms with E-state index in [9.17, 15) is 19.5 Å². The summed E-state index contributed by atoms with van der Waals surface area (Å²) in [4.78, 5) is 32.6. The molecule has 0 bridgehead atoms. The number of aliphatic hydroxyl groups excluding tert-OH is 1. The number of carboxylic acids is 2. The predicted molar refractivity (Wildman–Crippen MR) is 63.7 cm³/mol. The first-order valence-corrected chi connectivity index (χ1v) is 5.65. The van der Waals surface area contributed by atoms with Crippen LogP contribution in [-0.4, -0.2) is 51.1 Å². The molecule has 110 valence electrons. The van der Waals surface area contributed by atoms with E-state index in [2.05, 4.69) is 0 Å². The third kappa shape index (κ3) is 7.98.